The van der Waals surface area contributed by atoms with Crippen LogP contribution in [0.25, 0.3) is 0 Å². The molecule has 158 valence electrons. The topological polar surface area (TPSA) is 24.5 Å². The summed E-state index contributed by atoms with van der Waals surface area (Å²) in [5, 5.41) is 3.01. The molecule has 1 aromatic rings. The van der Waals surface area contributed by atoms with Crippen LogP contribution in [0.4, 0.5) is 30.7 Å². The molecule has 2 rings (SSSR count). The van der Waals surface area contributed by atoms with Crippen molar-refractivity contribution in [3.05, 3.63) is 29.8 Å². The third-order valence-electron chi connectivity index (χ3n) is 3.77. The van der Waals surface area contributed by atoms with Gasteiger partial charge in [-0.15, -0.1) is 24.8 Å². The van der Waals surface area contributed by atoms with Gasteiger partial charge in [-0.1, -0.05) is 12.1 Å². The average Bonchev–Trinajstić information content (AvgIpc) is 2.52. The molecule has 1 atom stereocenters. The third-order valence-corrected chi connectivity index (χ3v) is 3.77. The summed E-state index contributed by atoms with van der Waals surface area (Å²) in [7, 11) is 0. The summed E-state index contributed by atoms with van der Waals surface area (Å²) in [6.07, 6.45) is -14.4. The lowest BCUT2D eigenvalue weighted by atomic mass is 10.0. The Morgan fingerprint density at radius 3 is 2.15 bits per heavy atom. The van der Waals surface area contributed by atoms with Gasteiger partial charge < -0.3 is 10.1 Å². The molecule has 1 aliphatic heterocycles. The van der Waals surface area contributed by atoms with E-state index in [1.807, 2.05) is 0 Å². The molecule has 0 aliphatic carbocycles. The summed E-state index contributed by atoms with van der Waals surface area (Å²) in [6, 6.07) is 3.39. The Balaban J connectivity index is 0.00000338. The van der Waals surface area contributed by atoms with Gasteiger partial charge in [0.1, 0.15) is 5.75 Å². The molecular weight excluding hydrogens is 428 g/mol. The second-order valence-corrected chi connectivity index (χ2v) is 5.66. The first-order chi connectivity index (χ1) is 11.6. The first kappa shape index (κ1) is 26.0. The van der Waals surface area contributed by atoms with E-state index >= 15 is 0 Å². The molecular formula is C15H19Cl2F7N2O. The molecule has 1 N–H and O–H groups in total. The summed E-state index contributed by atoms with van der Waals surface area (Å²) in [4.78, 5) is 1.58. The number of halogens is 9. The van der Waals surface area contributed by atoms with E-state index < -0.39 is 36.9 Å². The van der Waals surface area contributed by atoms with Crippen LogP contribution in [0, 0.1) is 0 Å². The van der Waals surface area contributed by atoms with E-state index in [4.69, 9.17) is 0 Å². The third kappa shape index (κ3) is 7.89. The highest BCUT2D eigenvalue weighted by atomic mass is 35.5. The molecule has 1 aliphatic rings. The Labute approximate surface area is 164 Å². The van der Waals surface area contributed by atoms with Gasteiger partial charge in [-0.05, 0) is 17.7 Å². The lowest BCUT2D eigenvalue weighted by molar-refractivity contribution is -0.253. The second-order valence-electron chi connectivity index (χ2n) is 5.66. The second kappa shape index (κ2) is 10.5. The van der Waals surface area contributed by atoms with Crippen LogP contribution >= 0.6 is 24.8 Å². The number of rotatable bonds is 6. The smallest absolute Gasteiger partial charge is 0.428 e. The summed E-state index contributed by atoms with van der Waals surface area (Å²) < 4.78 is 93.3. The van der Waals surface area contributed by atoms with E-state index in [1.54, 1.807) is 4.90 Å². The van der Waals surface area contributed by atoms with E-state index in [0.717, 1.165) is 12.1 Å². The van der Waals surface area contributed by atoms with Gasteiger partial charge in [0.25, 0.3) is 0 Å². The monoisotopic (exact) mass is 446 g/mol. The number of piperazine rings is 1. The number of hydrogen-bond donors (Lipinski definition) is 1. The van der Waals surface area contributed by atoms with Gasteiger partial charge in [0, 0.05) is 32.2 Å². The van der Waals surface area contributed by atoms with Gasteiger partial charge in [-0.25, -0.2) is 0 Å². The number of alkyl halides is 7. The molecule has 12 heteroatoms. The Kier molecular flexibility index (Phi) is 10.2. The zero-order chi connectivity index (χ0) is 18.7. The lowest BCUT2D eigenvalue weighted by Gasteiger charge is -2.35. The molecule has 1 saturated heterocycles. The van der Waals surface area contributed by atoms with E-state index in [1.165, 1.54) is 12.1 Å². The molecule has 0 radical (unpaired) electrons. The van der Waals surface area contributed by atoms with Crippen LogP contribution < -0.4 is 10.1 Å². The standard InChI is InChI=1S/C15H17F7N2O.2ClH/c16-13(17)15(21,22)25-11-3-1-2-10(8-11)12(9-14(18,19)20)24-6-4-23-5-7-24;;/h1-3,8,12-13,23H,4-7,9H2;2*1H/t12-;;/m1../s1. The first-order valence-corrected chi connectivity index (χ1v) is 7.55. The van der Waals surface area contributed by atoms with Crippen molar-refractivity contribution in [3.8, 4) is 5.75 Å². The number of hydrogen-bond acceptors (Lipinski definition) is 3. The minimum absolute atomic E-state index is 0. The van der Waals surface area contributed by atoms with Crippen LogP contribution in [-0.2, 0) is 0 Å². The van der Waals surface area contributed by atoms with Crippen molar-refractivity contribution in [2.75, 3.05) is 26.2 Å². The predicted molar refractivity (Wildman–Crippen MR) is 90.4 cm³/mol. The molecule has 1 fully saturated rings. The largest absolute Gasteiger partial charge is 0.461 e. The van der Waals surface area contributed by atoms with Gasteiger partial charge >= 0.3 is 18.7 Å². The highest BCUT2D eigenvalue weighted by Gasteiger charge is 2.44. The van der Waals surface area contributed by atoms with Gasteiger partial charge in [-0.3, -0.25) is 4.90 Å². The predicted octanol–water partition coefficient (Wildman–Crippen LogP) is 4.67. The van der Waals surface area contributed by atoms with E-state index in [-0.39, 0.29) is 30.4 Å². The molecule has 1 aromatic carbocycles. The lowest BCUT2D eigenvalue weighted by Crippen LogP contribution is -2.46. The van der Waals surface area contributed by atoms with Gasteiger partial charge in [0.2, 0.25) is 0 Å². The van der Waals surface area contributed by atoms with Crippen LogP contribution in [0.15, 0.2) is 24.3 Å². The average molecular weight is 447 g/mol. The quantitative estimate of drug-likeness (QED) is 0.642. The number of ether oxygens (including phenoxy) is 1. The first-order valence-electron chi connectivity index (χ1n) is 7.55. The van der Waals surface area contributed by atoms with Crippen molar-refractivity contribution in [1.82, 2.24) is 10.2 Å². The molecule has 3 nitrogen and oxygen atoms in total. The van der Waals surface area contributed by atoms with Gasteiger partial charge in [-0.2, -0.15) is 30.7 Å². The number of benzene rings is 1. The Bertz CT molecular complexity index is 569. The summed E-state index contributed by atoms with van der Waals surface area (Å²) in [5.41, 5.74) is 0.0850. The SMILES string of the molecule is Cl.Cl.FC(F)C(F)(F)Oc1cccc([C@@H](CC(F)(F)F)N2CCNCC2)c1. The number of nitrogens with one attached hydrogen (secondary N) is 1. The van der Waals surface area contributed by atoms with Gasteiger partial charge in [0.05, 0.1) is 6.42 Å². The maximum Gasteiger partial charge on any atom is 0.461 e. The molecule has 0 bridgehead atoms. The Morgan fingerprint density at radius 1 is 1.04 bits per heavy atom. The molecule has 27 heavy (non-hydrogen) atoms. The van der Waals surface area contributed by atoms with Crippen LogP contribution in [0.3, 0.4) is 0 Å². The normalized spacial score (nSPS) is 17.0. The van der Waals surface area contributed by atoms with Crippen LogP contribution in [0.1, 0.15) is 18.0 Å². The fourth-order valence-corrected chi connectivity index (χ4v) is 2.66. The summed E-state index contributed by atoms with van der Waals surface area (Å²) in [5.74, 6) is -0.606. The zero-order valence-electron chi connectivity index (χ0n) is 13.8. The minimum Gasteiger partial charge on any atom is -0.428 e. The highest BCUT2D eigenvalue weighted by Crippen LogP contribution is 2.36. The fourth-order valence-electron chi connectivity index (χ4n) is 2.66. The van der Waals surface area contributed by atoms with E-state index in [2.05, 4.69) is 10.1 Å². The molecule has 0 saturated carbocycles. The van der Waals surface area contributed by atoms with Crippen molar-refractivity contribution in [3.63, 3.8) is 0 Å². The van der Waals surface area contributed by atoms with Crippen LogP contribution in [-0.4, -0.2) is 49.8 Å². The molecule has 0 aromatic heterocycles. The van der Waals surface area contributed by atoms with Crippen molar-refractivity contribution in [1.29, 1.82) is 0 Å². The minimum atomic E-state index is -4.72. The Hall–Kier alpha value is -0.970. The Morgan fingerprint density at radius 2 is 1.63 bits per heavy atom. The van der Waals surface area contributed by atoms with Crippen molar-refractivity contribution < 1.29 is 35.5 Å². The molecule has 0 spiro atoms. The maximum atomic E-state index is 13.0. The zero-order valence-corrected chi connectivity index (χ0v) is 15.5. The fraction of sp³-hybridized carbons (Fsp3) is 0.600. The molecule has 0 amide bonds. The van der Waals surface area contributed by atoms with Crippen LogP contribution in [0.2, 0.25) is 0 Å². The summed E-state index contributed by atoms with van der Waals surface area (Å²) >= 11 is 0. The molecule has 1 heterocycles. The van der Waals surface area contributed by atoms with Crippen molar-refractivity contribution >= 4 is 24.8 Å². The summed E-state index contributed by atoms with van der Waals surface area (Å²) in [6.45, 7) is 1.68. The van der Waals surface area contributed by atoms with Gasteiger partial charge in [0.15, 0.2) is 0 Å². The van der Waals surface area contributed by atoms with Crippen molar-refractivity contribution in [2.24, 2.45) is 0 Å². The molecule has 0 unspecified atom stereocenters. The van der Waals surface area contributed by atoms with E-state index in [0.29, 0.717) is 26.2 Å². The van der Waals surface area contributed by atoms with E-state index in [9.17, 15) is 30.7 Å². The highest BCUT2D eigenvalue weighted by molar-refractivity contribution is 5.85. The number of nitrogens with zero attached hydrogens (tertiary/aromatic N) is 1. The van der Waals surface area contributed by atoms with Crippen LogP contribution in [0.5, 0.6) is 5.75 Å². The van der Waals surface area contributed by atoms with Crippen molar-refractivity contribution in [2.45, 2.75) is 31.2 Å². The maximum absolute atomic E-state index is 13.0.